The molecule has 0 radical (unpaired) electrons. The Labute approximate surface area is 107 Å². The van der Waals surface area contributed by atoms with Gasteiger partial charge in [0.2, 0.25) is 0 Å². The van der Waals surface area contributed by atoms with Gasteiger partial charge >= 0.3 is 0 Å². The summed E-state index contributed by atoms with van der Waals surface area (Å²) in [5.41, 5.74) is 5.65. The second-order valence-electron chi connectivity index (χ2n) is 4.84. The standard InChI is InChI=1S/C13H18FNO2S/c14-10-7-8-13(12(15)9-10)18(16,17)11-5-3-1-2-4-6-11/h7-9,11H,1-6,15H2. The molecule has 0 aliphatic heterocycles. The van der Waals surface area contributed by atoms with Crippen LogP contribution in [0.3, 0.4) is 0 Å². The summed E-state index contributed by atoms with van der Waals surface area (Å²) in [5.74, 6) is -0.507. The third kappa shape index (κ3) is 2.66. The highest BCUT2D eigenvalue weighted by atomic mass is 32.2. The molecule has 1 aliphatic rings. The number of halogens is 1. The monoisotopic (exact) mass is 271 g/mol. The van der Waals surface area contributed by atoms with Crippen LogP contribution in [0.1, 0.15) is 38.5 Å². The molecule has 1 aromatic rings. The van der Waals surface area contributed by atoms with Gasteiger partial charge in [-0.1, -0.05) is 25.7 Å². The normalized spacial score (nSPS) is 18.5. The Balaban J connectivity index is 2.34. The van der Waals surface area contributed by atoms with Gasteiger partial charge in [0.05, 0.1) is 15.8 Å². The van der Waals surface area contributed by atoms with Crippen molar-refractivity contribution in [1.29, 1.82) is 0 Å². The summed E-state index contributed by atoms with van der Waals surface area (Å²) >= 11 is 0. The molecule has 0 amide bonds. The van der Waals surface area contributed by atoms with Gasteiger partial charge in [-0.05, 0) is 31.0 Å². The lowest BCUT2D eigenvalue weighted by Crippen LogP contribution is -2.21. The molecule has 0 saturated heterocycles. The van der Waals surface area contributed by atoms with Crippen LogP contribution in [0.15, 0.2) is 23.1 Å². The first kappa shape index (κ1) is 13.3. The fourth-order valence-electron chi connectivity index (χ4n) is 2.51. The van der Waals surface area contributed by atoms with Crippen LogP contribution in [0.2, 0.25) is 0 Å². The van der Waals surface area contributed by atoms with Gasteiger partial charge in [0.15, 0.2) is 9.84 Å². The highest BCUT2D eigenvalue weighted by Crippen LogP contribution is 2.30. The summed E-state index contributed by atoms with van der Waals surface area (Å²) in [7, 11) is -3.42. The van der Waals surface area contributed by atoms with E-state index in [1.54, 1.807) is 0 Å². The van der Waals surface area contributed by atoms with Crippen molar-refractivity contribution in [2.45, 2.75) is 48.7 Å². The first-order chi connectivity index (χ1) is 8.51. The summed E-state index contributed by atoms with van der Waals surface area (Å²) in [4.78, 5) is 0.0794. The maximum atomic E-state index is 13.0. The van der Waals surface area contributed by atoms with Crippen LogP contribution >= 0.6 is 0 Å². The Bertz CT molecular complexity index is 520. The molecule has 0 unspecified atom stereocenters. The van der Waals surface area contributed by atoms with E-state index in [1.807, 2.05) is 0 Å². The highest BCUT2D eigenvalue weighted by molar-refractivity contribution is 7.92. The van der Waals surface area contributed by atoms with Crippen LogP contribution in [0, 0.1) is 5.82 Å². The average Bonchev–Trinajstić information content (AvgIpc) is 2.57. The van der Waals surface area contributed by atoms with Crippen molar-refractivity contribution >= 4 is 15.5 Å². The topological polar surface area (TPSA) is 60.2 Å². The van der Waals surface area contributed by atoms with Crippen molar-refractivity contribution < 1.29 is 12.8 Å². The molecule has 0 bridgehead atoms. The number of nitrogens with two attached hydrogens (primary N) is 1. The number of rotatable bonds is 2. The molecule has 0 aromatic heterocycles. The van der Waals surface area contributed by atoms with E-state index >= 15 is 0 Å². The van der Waals surface area contributed by atoms with Crippen molar-refractivity contribution in [3.05, 3.63) is 24.0 Å². The number of anilines is 1. The van der Waals surface area contributed by atoms with Gasteiger partial charge in [0, 0.05) is 0 Å². The molecule has 0 atom stereocenters. The molecule has 100 valence electrons. The van der Waals surface area contributed by atoms with Crippen LogP contribution in [0.4, 0.5) is 10.1 Å². The minimum absolute atomic E-state index is 0.0132. The molecule has 18 heavy (non-hydrogen) atoms. The fourth-order valence-corrected chi connectivity index (χ4v) is 4.47. The van der Waals surface area contributed by atoms with E-state index in [2.05, 4.69) is 0 Å². The lowest BCUT2D eigenvalue weighted by atomic mass is 10.2. The smallest absolute Gasteiger partial charge is 0.183 e. The maximum absolute atomic E-state index is 13.0. The van der Waals surface area contributed by atoms with E-state index in [0.29, 0.717) is 12.8 Å². The third-order valence-corrected chi connectivity index (χ3v) is 5.85. The third-order valence-electron chi connectivity index (χ3n) is 3.52. The summed E-state index contributed by atoms with van der Waals surface area (Å²) in [6, 6.07) is 3.51. The van der Waals surface area contributed by atoms with Crippen molar-refractivity contribution in [1.82, 2.24) is 0 Å². The van der Waals surface area contributed by atoms with Crippen molar-refractivity contribution in [3.8, 4) is 0 Å². The second kappa shape index (κ2) is 5.26. The van der Waals surface area contributed by atoms with E-state index in [4.69, 9.17) is 5.73 Å². The Morgan fingerprint density at radius 2 is 1.72 bits per heavy atom. The Hall–Kier alpha value is -1.10. The largest absolute Gasteiger partial charge is 0.398 e. The molecule has 1 fully saturated rings. The summed E-state index contributed by atoms with van der Waals surface area (Å²) in [6.07, 6.45) is 5.41. The SMILES string of the molecule is Nc1cc(F)ccc1S(=O)(=O)C1CCCCCC1. The first-order valence-electron chi connectivity index (χ1n) is 6.31. The fraction of sp³-hybridized carbons (Fsp3) is 0.538. The molecule has 1 aliphatic carbocycles. The van der Waals surface area contributed by atoms with Gasteiger partial charge in [0.25, 0.3) is 0 Å². The predicted molar refractivity (Wildman–Crippen MR) is 69.5 cm³/mol. The van der Waals surface area contributed by atoms with Gasteiger partial charge in [0.1, 0.15) is 5.82 Å². The zero-order chi connectivity index (χ0) is 13.2. The molecule has 1 saturated carbocycles. The van der Waals surface area contributed by atoms with E-state index in [-0.39, 0.29) is 15.8 Å². The first-order valence-corrected chi connectivity index (χ1v) is 7.85. The molecular formula is C13H18FNO2S. The number of sulfone groups is 1. The minimum Gasteiger partial charge on any atom is -0.398 e. The van der Waals surface area contributed by atoms with Crippen LogP contribution in [-0.4, -0.2) is 13.7 Å². The number of nitrogen functional groups attached to an aromatic ring is 1. The molecular weight excluding hydrogens is 253 g/mol. The molecule has 0 heterocycles. The zero-order valence-corrected chi connectivity index (χ0v) is 11.0. The predicted octanol–water partition coefficient (Wildman–Crippen LogP) is 2.90. The number of hydrogen-bond acceptors (Lipinski definition) is 3. The number of hydrogen-bond donors (Lipinski definition) is 1. The minimum atomic E-state index is -3.42. The van der Waals surface area contributed by atoms with Gasteiger partial charge in [-0.25, -0.2) is 12.8 Å². The molecule has 3 nitrogen and oxygen atoms in total. The van der Waals surface area contributed by atoms with Gasteiger partial charge in [-0.15, -0.1) is 0 Å². The molecule has 1 aromatic carbocycles. The van der Waals surface area contributed by atoms with Gasteiger partial charge in [-0.3, -0.25) is 0 Å². The van der Waals surface area contributed by atoms with Gasteiger partial charge in [-0.2, -0.15) is 0 Å². The second-order valence-corrected chi connectivity index (χ2v) is 7.04. The molecule has 0 spiro atoms. The van der Waals surface area contributed by atoms with Crippen molar-refractivity contribution in [3.63, 3.8) is 0 Å². The van der Waals surface area contributed by atoms with Crippen LogP contribution in [0.25, 0.3) is 0 Å². The van der Waals surface area contributed by atoms with Crippen LogP contribution in [0.5, 0.6) is 0 Å². The Morgan fingerprint density at radius 3 is 2.28 bits per heavy atom. The quantitative estimate of drug-likeness (QED) is 0.511. The Kier molecular flexibility index (Phi) is 3.90. The molecule has 2 rings (SSSR count). The van der Waals surface area contributed by atoms with Crippen molar-refractivity contribution in [2.75, 3.05) is 5.73 Å². The van der Waals surface area contributed by atoms with E-state index < -0.39 is 15.7 Å². The average molecular weight is 271 g/mol. The molecule has 5 heteroatoms. The molecule has 2 N–H and O–H groups in total. The van der Waals surface area contributed by atoms with Crippen LogP contribution < -0.4 is 5.73 Å². The van der Waals surface area contributed by atoms with Crippen LogP contribution in [-0.2, 0) is 9.84 Å². The summed E-state index contributed by atoms with van der Waals surface area (Å²) < 4.78 is 37.9. The summed E-state index contributed by atoms with van der Waals surface area (Å²) in [5, 5.41) is -0.368. The van der Waals surface area contributed by atoms with Gasteiger partial charge < -0.3 is 5.73 Å². The lowest BCUT2D eigenvalue weighted by molar-refractivity contribution is 0.563. The van der Waals surface area contributed by atoms with Crippen molar-refractivity contribution in [2.24, 2.45) is 0 Å². The highest BCUT2D eigenvalue weighted by Gasteiger charge is 2.29. The van der Waals surface area contributed by atoms with E-state index in [0.717, 1.165) is 37.8 Å². The number of benzene rings is 1. The maximum Gasteiger partial charge on any atom is 0.183 e. The van der Waals surface area contributed by atoms with E-state index in [9.17, 15) is 12.8 Å². The van der Waals surface area contributed by atoms with E-state index in [1.165, 1.54) is 6.07 Å². The Morgan fingerprint density at radius 1 is 1.11 bits per heavy atom. The zero-order valence-electron chi connectivity index (χ0n) is 10.2. The lowest BCUT2D eigenvalue weighted by Gasteiger charge is -2.16. The summed E-state index contributed by atoms with van der Waals surface area (Å²) in [6.45, 7) is 0.